The van der Waals surface area contributed by atoms with E-state index in [9.17, 15) is 0 Å². The number of hydrogen-bond donors (Lipinski definition) is 0. The first-order valence-electron chi connectivity index (χ1n) is 19.5. The Labute approximate surface area is 308 Å². The molecule has 1 aliphatic heterocycles. The van der Waals surface area contributed by atoms with Crippen LogP contribution in [0.4, 0.5) is 0 Å². The van der Waals surface area contributed by atoms with E-state index in [2.05, 4.69) is 164 Å². The molecule has 7 rings (SSSR count). The van der Waals surface area contributed by atoms with Gasteiger partial charge in [0.2, 0.25) is 0 Å². The maximum atomic E-state index is 2.81. The molecule has 1 heteroatoms. The molecule has 0 amide bonds. The number of fused-ring (bicyclic) bond motifs is 6. The standard InChI is InChI=1S/C47H54.2CH3.Hf/c1-11-23-47(24-12-2,37-27-33-15-13-17-41(43(33)29-37)39-21-19-35(25-31(39)3)45(5,6)7)38-28-34-16-14-18-42(44(34)30-38)40-22-20-36(26-32(40)4)46(8,9)10;;;/h13-22,25-30H,11-12,23-24H2,1-10H3;2*1H3;. The fraction of sp³-hybridized carbons (Fsp3) is 0.429. The molecule has 0 spiro atoms. The molecule has 4 aromatic rings. The van der Waals surface area contributed by atoms with Crippen LogP contribution in [0.3, 0.4) is 0 Å². The molecule has 0 saturated carbocycles. The molecular weight excluding hydrogens is 767 g/mol. The number of rotatable bonds is 6. The molecule has 1 saturated heterocycles. The molecular formula is C49H60Hf. The summed E-state index contributed by atoms with van der Waals surface area (Å²) in [5, 5.41) is 0. The van der Waals surface area contributed by atoms with Crippen LogP contribution in [0.2, 0.25) is 9.36 Å². The van der Waals surface area contributed by atoms with Gasteiger partial charge in [-0.2, -0.15) is 0 Å². The summed E-state index contributed by atoms with van der Waals surface area (Å²) in [6.45, 7) is 23.4. The summed E-state index contributed by atoms with van der Waals surface area (Å²) in [7, 11) is 0. The summed E-state index contributed by atoms with van der Waals surface area (Å²) in [6, 6.07) is 29.1. The van der Waals surface area contributed by atoms with E-state index >= 15 is 0 Å². The molecule has 0 radical (unpaired) electrons. The van der Waals surface area contributed by atoms with Gasteiger partial charge >= 0.3 is 311 Å². The number of hydrogen-bond acceptors (Lipinski definition) is 0. The van der Waals surface area contributed by atoms with E-state index in [1.54, 1.807) is 22.3 Å². The molecule has 2 atom stereocenters. The van der Waals surface area contributed by atoms with Gasteiger partial charge in [-0.15, -0.1) is 0 Å². The van der Waals surface area contributed by atoms with Crippen LogP contribution in [0.1, 0.15) is 133 Å². The summed E-state index contributed by atoms with van der Waals surface area (Å²) in [6.07, 6.45) is 10.4. The Morgan fingerprint density at radius 1 is 0.560 bits per heavy atom. The molecule has 0 N–H and O–H groups in total. The molecule has 0 nitrogen and oxygen atoms in total. The van der Waals surface area contributed by atoms with Crippen molar-refractivity contribution in [1.82, 2.24) is 0 Å². The van der Waals surface area contributed by atoms with E-state index in [1.807, 2.05) is 0 Å². The van der Waals surface area contributed by atoms with Gasteiger partial charge in [-0.1, -0.05) is 0 Å². The van der Waals surface area contributed by atoms with Crippen LogP contribution in [0.5, 0.6) is 0 Å². The van der Waals surface area contributed by atoms with Crippen molar-refractivity contribution in [1.29, 1.82) is 0 Å². The van der Waals surface area contributed by atoms with Crippen molar-refractivity contribution in [2.24, 2.45) is 5.41 Å². The molecule has 1 heterocycles. The number of benzene rings is 4. The number of allylic oxidation sites excluding steroid dienone is 2. The summed E-state index contributed by atoms with van der Waals surface area (Å²) in [5.41, 5.74) is 21.6. The summed E-state index contributed by atoms with van der Waals surface area (Å²) in [5.74, 6) is 0. The molecule has 2 unspecified atom stereocenters. The van der Waals surface area contributed by atoms with E-state index in [0.29, 0.717) is 7.35 Å². The Morgan fingerprint density at radius 2 is 0.960 bits per heavy atom. The fourth-order valence-electron chi connectivity index (χ4n) is 10.5. The Morgan fingerprint density at radius 3 is 1.30 bits per heavy atom. The normalized spacial score (nSPS) is 20.1. The minimum atomic E-state index is -3.18. The van der Waals surface area contributed by atoms with Crippen molar-refractivity contribution in [3.05, 3.63) is 128 Å². The van der Waals surface area contributed by atoms with Gasteiger partial charge in [0.05, 0.1) is 0 Å². The average Bonchev–Trinajstić information content (AvgIpc) is 3.65. The van der Waals surface area contributed by atoms with Crippen molar-refractivity contribution in [3.8, 4) is 22.3 Å². The van der Waals surface area contributed by atoms with Gasteiger partial charge < -0.3 is 0 Å². The zero-order chi connectivity index (χ0) is 36.0. The first-order chi connectivity index (χ1) is 23.5. The molecule has 0 bridgehead atoms. The Kier molecular flexibility index (Phi) is 8.86. The van der Waals surface area contributed by atoms with Gasteiger partial charge in [0, 0.05) is 0 Å². The predicted molar refractivity (Wildman–Crippen MR) is 216 cm³/mol. The third-order valence-corrected chi connectivity index (χ3v) is 28.0. The van der Waals surface area contributed by atoms with Gasteiger partial charge in [-0.05, 0) is 0 Å². The van der Waals surface area contributed by atoms with Crippen LogP contribution in [-0.4, -0.2) is 0 Å². The van der Waals surface area contributed by atoms with Crippen LogP contribution in [0.25, 0.3) is 34.4 Å². The van der Waals surface area contributed by atoms with Gasteiger partial charge in [0.15, 0.2) is 0 Å². The fourth-order valence-corrected chi connectivity index (χ4v) is 27.6. The Bertz CT molecular complexity index is 1900. The second-order valence-electron chi connectivity index (χ2n) is 18.6. The molecule has 50 heavy (non-hydrogen) atoms. The third-order valence-electron chi connectivity index (χ3n) is 12.8. The first kappa shape index (κ1) is 35.6. The van der Waals surface area contributed by atoms with Crippen molar-refractivity contribution in [2.75, 3.05) is 0 Å². The Hall–Kier alpha value is -2.77. The quantitative estimate of drug-likeness (QED) is 0.170. The topological polar surface area (TPSA) is 0 Å². The molecule has 0 aromatic heterocycles. The molecule has 4 aromatic carbocycles. The van der Waals surface area contributed by atoms with Crippen LogP contribution >= 0.6 is 0 Å². The molecule has 2 aliphatic carbocycles. The third kappa shape index (κ3) is 5.47. The summed E-state index contributed by atoms with van der Waals surface area (Å²) < 4.78 is 6.83. The monoisotopic (exact) mass is 828 g/mol. The first-order valence-corrected chi connectivity index (χ1v) is 30.8. The van der Waals surface area contributed by atoms with Crippen LogP contribution in [-0.2, 0) is 30.8 Å². The van der Waals surface area contributed by atoms with E-state index in [1.165, 1.54) is 81.3 Å². The van der Waals surface area contributed by atoms with E-state index in [4.69, 9.17) is 0 Å². The van der Waals surface area contributed by atoms with Crippen molar-refractivity contribution >= 4 is 12.2 Å². The average molecular weight is 828 g/mol. The van der Waals surface area contributed by atoms with E-state index in [-0.39, 0.29) is 16.2 Å². The van der Waals surface area contributed by atoms with Gasteiger partial charge in [-0.3, -0.25) is 0 Å². The molecule has 1 fully saturated rings. The second-order valence-corrected chi connectivity index (χ2v) is 35.9. The second kappa shape index (κ2) is 12.4. The molecule has 260 valence electrons. The Balaban J connectivity index is 1.44. The SMILES string of the molecule is CCCC1(CCC)C2=Cc3c(-c4ccc(C(C)(C)C)cc4C)cccc3[CH]2[Hf]([CH3])([CH3])[CH]2C1=Cc1c(-c3ccc(C(C)(C)C)cc3C)cccc12. The van der Waals surface area contributed by atoms with Crippen LogP contribution < -0.4 is 0 Å². The van der Waals surface area contributed by atoms with Gasteiger partial charge in [0.25, 0.3) is 0 Å². The summed E-state index contributed by atoms with van der Waals surface area (Å²) >= 11 is -3.18. The van der Waals surface area contributed by atoms with Crippen molar-refractivity contribution in [2.45, 2.75) is 122 Å². The van der Waals surface area contributed by atoms with E-state index < -0.39 is 20.0 Å². The summed E-state index contributed by atoms with van der Waals surface area (Å²) in [4.78, 5) is 0. The maximum absolute atomic E-state index is 3.18. The van der Waals surface area contributed by atoms with Crippen LogP contribution in [0, 0.1) is 19.3 Å². The van der Waals surface area contributed by atoms with E-state index in [0.717, 1.165) is 0 Å². The zero-order valence-electron chi connectivity index (χ0n) is 33.1. The van der Waals surface area contributed by atoms with Crippen LogP contribution in [0.15, 0.2) is 83.9 Å². The van der Waals surface area contributed by atoms with Crippen molar-refractivity contribution < 1.29 is 20.0 Å². The van der Waals surface area contributed by atoms with Gasteiger partial charge in [0.1, 0.15) is 0 Å². The van der Waals surface area contributed by atoms with Crippen molar-refractivity contribution in [3.63, 3.8) is 0 Å². The minimum absolute atomic E-state index is 0.108. The number of aryl methyl sites for hydroxylation is 2. The predicted octanol–water partition coefficient (Wildman–Crippen LogP) is 14.7. The molecule has 3 aliphatic rings. The van der Waals surface area contributed by atoms with Gasteiger partial charge in [-0.25, -0.2) is 0 Å². The zero-order valence-corrected chi connectivity index (χ0v) is 36.7.